The maximum absolute atomic E-state index is 11.9. The molecule has 0 amide bonds. The van der Waals surface area contributed by atoms with E-state index in [1.54, 1.807) is 18.3 Å². The molecule has 7 nitrogen and oxygen atoms in total. The maximum atomic E-state index is 11.9. The lowest BCUT2D eigenvalue weighted by atomic mass is 10.1. The van der Waals surface area contributed by atoms with Crippen molar-refractivity contribution in [2.75, 3.05) is 32.4 Å². The highest BCUT2D eigenvalue weighted by Gasteiger charge is 2.26. The van der Waals surface area contributed by atoms with Crippen LogP contribution in [0, 0.1) is 6.92 Å². The molecule has 1 saturated heterocycles. The molecule has 0 bridgehead atoms. The lowest BCUT2D eigenvalue weighted by Gasteiger charge is -2.32. The molecule has 25 heavy (non-hydrogen) atoms. The minimum Gasteiger partial charge on any atom is -0.356 e. The number of hydrogen-bond donors (Lipinski definition) is 2. The van der Waals surface area contributed by atoms with Gasteiger partial charge in [0.25, 0.3) is 0 Å². The summed E-state index contributed by atoms with van der Waals surface area (Å²) in [5.74, 6) is 0.937. The van der Waals surface area contributed by atoms with E-state index in [0.29, 0.717) is 13.1 Å². The lowest BCUT2D eigenvalue weighted by Crippen LogP contribution is -2.50. The fraction of sp³-hybridized carbons (Fsp3) is 0.647. The van der Waals surface area contributed by atoms with E-state index in [9.17, 15) is 8.42 Å². The zero-order chi connectivity index (χ0) is 18.3. The van der Waals surface area contributed by atoms with E-state index in [1.165, 1.54) is 11.1 Å². The molecular weight excluding hydrogens is 338 g/mol. The number of pyridine rings is 1. The predicted octanol–water partition coefficient (Wildman–Crippen LogP) is 0.912. The molecule has 0 radical (unpaired) electrons. The van der Waals surface area contributed by atoms with Crippen LogP contribution in [0.4, 0.5) is 0 Å². The first-order chi connectivity index (χ1) is 12.0. The molecule has 2 N–H and O–H groups in total. The van der Waals surface area contributed by atoms with E-state index in [-0.39, 0.29) is 11.8 Å². The Morgan fingerprint density at radius 1 is 1.40 bits per heavy atom. The van der Waals surface area contributed by atoms with Crippen LogP contribution < -0.4 is 10.6 Å². The van der Waals surface area contributed by atoms with E-state index in [2.05, 4.69) is 27.5 Å². The van der Waals surface area contributed by atoms with Crippen LogP contribution in [0.5, 0.6) is 0 Å². The molecule has 0 aliphatic carbocycles. The van der Waals surface area contributed by atoms with Gasteiger partial charge in [0.1, 0.15) is 0 Å². The van der Waals surface area contributed by atoms with Crippen LogP contribution in [0.2, 0.25) is 0 Å². The highest BCUT2D eigenvalue weighted by atomic mass is 32.2. The van der Waals surface area contributed by atoms with Gasteiger partial charge >= 0.3 is 0 Å². The molecule has 140 valence electrons. The van der Waals surface area contributed by atoms with Crippen LogP contribution in [-0.4, -0.2) is 62.1 Å². The molecule has 1 aromatic rings. The van der Waals surface area contributed by atoms with Crippen LogP contribution in [0.25, 0.3) is 0 Å². The number of hydrogen-bond acceptors (Lipinski definition) is 4. The van der Waals surface area contributed by atoms with Gasteiger partial charge in [-0.2, -0.15) is 0 Å². The monoisotopic (exact) mass is 367 g/mol. The zero-order valence-corrected chi connectivity index (χ0v) is 16.1. The van der Waals surface area contributed by atoms with Gasteiger partial charge in [-0.3, -0.25) is 9.98 Å². The van der Waals surface area contributed by atoms with E-state index in [0.717, 1.165) is 31.8 Å². The van der Waals surface area contributed by atoms with E-state index in [4.69, 9.17) is 0 Å². The number of piperidine rings is 1. The van der Waals surface area contributed by atoms with Crippen molar-refractivity contribution in [3.05, 3.63) is 29.6 Å². The van der Waals surface area contributed by atoms with Crippen molar-refractivity contribution in [2.45, 2.75) is 39.2 Å². The van der Waals surface area contributed by atoms with Crippen molar-refractivity contribution in [1.29, 1.82) is 0 Å². The first-order valence-electron chi connectivity index (χ1n) is 8.80. The first kappa shape index (κ1) is 19.7. The van der Waals surface area contributed by atoms with Gasteiger partial charge in [-0.05, 0) is 50.3 Å². The zero-order valence-electron chi connectivity index (χ0n) is 15.3. The molecule has 1 aromatic heterocycles. The fourth-order valence-corrected chi connectivity index (χ4v) is 4.08. The number of aryl methyl sites for hydroxylation is 1. The number of sulfonamides is 1. The summed E-state index contributed by atoms with van der Waals surface area (Å²) >= 11 is 0. The van der Waals surface area contributed by atoms with Gasteiger partial charge in [-0.1, -0.05) is 0 Å². The summed E-state index contributed by atoms with van der Waals surface area (Å²) in [7, 11) is -1.32. The number of aliphatic imine (C=N–C) groups is 1. The lowest BCUT2D eigenvalue weighted by molar-refractivity contribution is 0.306. The maximum Gasteiger partial charge on any atom is 0.213 e. The van der Waals surface area contributed by atoms with E-state index >= 15 is 0 Å². The minimum absolute atomic E-state index is 0.169. The van der Waals surface area contributed by atoms with Gasteiger partial charge in [0.2, 0.25) is 10.0 Å². The third-order valence-electron chi connectivity index (χ3n) is 4.60. The van der Waals surface area contributed by atoms with Gasteiger partial charge < -0.3 is 10.6 Å². The van der Waals surface area contributed by atoms with Crippen molar-refractivity contribution in [1.82, 2.24) is 19.9 Å². The topological polar surface area (TPSA) is 86.7 Å². The van der Waals surface area contributed by atoms with Gasteiger partial charge in [-0.25, -0.2) is 12.7 Å². The summed E-state index contributed by atoms with van der Waals surface area (Å²) < 4.78 is 25.4. The summed E-state index contributed by atoms with van der Waals surface area (Å²) in [4.78, 5) is 8.38. The SMILES string of the molecule is CCS(=O)(=O)N1CCC(NC(=NC)NCCc2ccncc2C)CC1. The van der Waals surface area contributed by atoms with E-state index < -0.39 is 10.0 Å². The molecule has 1 aliphatic heterocycles. The second-order valence-corrected chi connectivity index (χ2v) is 8.53. The summed E-state index contributed by atoms with van der Waals surface area (Å²) in [5, 5.41) is 6.73. The van der Waals surface area contributed by atoms with Crippen LogP contribution >= 0.6 is 0 Å². The summed E-state index contributed by atoms with van der Waals surface area (Å²) in [6.45, 7) is 5.68. The van der Waals surface area contributed by atoms with Gasteiger partial charge in [0.15, 0.2) is 5.96 Å². The molecule has 0 atom stereocenters. The normalized spacial score (nSPS) is 17.5. The average molecular weight is 368 g/mol. The Morgan fingerprint density at radius 2 is 2.12 bits per heavy atom. The Morgan fingerprint density at radius 3 is 2.72 bits per heavy atom. The second kappa shape index (κ2) is 9.15. The van der Waals surface area contributed by atoms with Crippen molar-refractivity contribution in [3.8, 4) is 0 Å². The molecule has 8 heteroatoms. The van der Waals surface area contributed by atoms with Gasteiger partial charge in [0.05, 0.1) is 5.75 Å². The smallest absolute Gasteiger partial charge is 0.213 e. The minimum atomic E-state index is -3.07. The summed E-state index contributed by atoms with van der Waals surface area (Å²) in [6.07, 6.45) is 6.18. The van der Waals surface area contributed by atoms with E-state index in [1.807, 2.05) is 18.5 Å². The number of rotatable bonds is 6. The fourth-order valence-electron chi connectivity index (χ4n) is 2.95. The van der Waals surface area contributed by atoms with Gasteiger partial charge in [0, 0.05) is 45.1 Å². The summed E-state index contributed by atoms with van der Waals surface area (Å²) in [6, 6.07) is 2.29. The van der Waals surface area contributed by atoms with Crippen molar-refractivity contribution in [2.24, 2.45) is 4.99 Å². The molecule has 1 aliphatic rings. The van der Waals surface area contributed by atoms with Crippen LogP contribution in [0.15, 0.2) is 23.5 Å². The number of nitrogens with zero attached hydrogens (tertiary/aromatic N) is 3. The van der Waals surface area contributed by atoms with Gasteiger partial charge in [-0.15, -0.1) is 0 Å². The predicted molar refractivity (Wildman–Crippen MR) is 101 cm³/mol. The molecule has 0 unspecified atom stereocenters. The Bertz CT molecular complexity index is 682. The van der Waals surface area contributed by atoms with Crippen LogP contribution in [0.1, 0.15) is 30.9 Å². The first-order valence-corrected chi connectivity index (χ1v) is 10.4. The molecule has 0 spiro atoms. The third kappa shape index (κ3) is 5.67. The third-order valence-corrected chi connectivity index (χ3v) is 6.48. The second-order valence-electron chi connectivity index (χ2n) is 6.27. The Balaban J connectivity index is 1.77. The average Bonchev–Trinajstić information content (AvgIpc) is 2.63. The highest BCUT2D eigenvalue weighted by Crippen LogP contribution is 2.14. The molecular formula is C17H29N5O2S. The van der Waals surface area contributed by atoms with Crippen LogP contribution in [-0.2, 0) is 16.4 Å². The van der Waals surface area contributed by atoms with Crippen LogP contribution in [0.3, 0.4) is 0 Å². The molecule has 0 aromatic carbocycles. The Labute approximate surface area is 151 Å². The number of nitrogens with one attached hydrogen (secondary N) is 2. The highest BCUT2D eigenvalue weighted by molar-refractivity contribution is 7.89. The molecule has 2 rings (SSSR count). The Kier molecular flexibility index (Phi) is 7.19. The number of guanidine groups is 1. The largest absolute Gasteiger partial charge is 0.356 e. The van der Waals surface area contributed by atoms with Crippen molar-refractivity contribution >= 4 is 16.0 Å². The van der Waals surface area contributed by atoms with Crippen molar-refractivity contribution in [3.63, 3.8) is 0 Å². The molecule has 1 fully saturated rings. The van der Waals surface area contributed by atoms with Crippen molar-refractivity contribution < 1.29 is 8.42 Å². The number of aromatic nitrogens is 1. The quantitative estimate of drug-likeness (QED) is 0.577. The summed E-state index contributed by atoms with van der Waals surface area (Å²) in [5.41, 5.74) is 2.47. The molecule has 2 heterocycles. The standard InChI is InChI=1S/C17H29N5O2S/c1-4-25(23,24)22-11-7-16(8-12-22)21-17(18-3)20-10-6-15-5-9-19-13-14(15)2/h5,9,13,16H,4,6-8,10-12H2,1-3H3,(H2,18,20,21). The Hall–Kier alpha value is -1.67. The molecule has 0 saturated carbocycles.